The van der Waals surface area contributed by atoms with Gasteiger partial charge in [-0.15, -0.1) is 15.3 Å². The quantitative estimate of drug-likeness (QED) is 0.617. The maximum atomic E-state index is 12.1. The molecule has 0 radical (unpaired) electrons. The molecule has 0 aliphatic heterocycles. The van der Waals surface area contributed by atoms with Crippen LogP contribution in [0.3, 0.4) is 0 Å². The average Bonchev–Trinajstić information content (AvgIpc) is 3.30. The Balaban J connectivity index is 1.53. The van der Waals surface area contributed by atoms with Crippen LogP contribution in [0.15, 0.2) is 36.5 Å². The lowest BCUT2D eigenvalue weighted by atomic mass is 10.2. The molecule has 1 aromatic carbocycles. The number of nitrogens with one attached hydrogen (secondary N) is 1. The molecule has 0 saturated heterocycles. The number of hydrogen-bond acceptors (Lipinski definition) is 7. The molecule has 0 fully saturated rings. The van der Waals surface area contributed by atoms with Crippen LogP contribution in [0.4, 0.5) is 0 Å². The van der Waals surface area contributed by atoms with Gasteiger partial charge in [0.15, 0.2) is 5.69 Å². The molecular formula is C16H18N6O2S. The summed E-state index contributed by atoms with van der Waals surface area (Å²) in [7, 11) is 1.65. The molecule has 3 rings (SSSR count). The summed E-state index contributed by atoms with van der Waals surface area (Å²) in [5, 5.41) is 20.4. The van der Waals surface area contributed by atoms with Gasteiger partial charge in [0.1, 0.15) is 10.0 Å². The van der Waals surface area contributed by atoms with E-state index in [0.717, 1.165) is 22.0 Å². The first kappa shape index (κ1) is 17.2. The maximum Gasteiger partial charge on any atom is 0.273 e. The van der Waals surface area contributed by atoms with E-state index in [1.54, 1.807) is 18.0 Å². The third-order valence-electron chi connectivity index (χ3n) is 3.39. The van der Waals surface area contributed by atoms with E-state index in [2.05, 4.69) is 25.8 Å². The van der Waals surface area contributed by atoms with Crippen molar-refractivity contribution in [2.75, 3.05) is 13.7 Å². The van der Waals surface area contributed by atoms with Crippen molar-refractivity contribution in [3.05, 3.63) is 47.2 Å². The Bertz CT molecular complexity index is 817. The third kappa shape index (κ3) is 4.68. The summed E-state index contributed by atoms with van der Waals surface area (Å²) in [6.07, 6.45) is 2.44. The van der Waals surface area contributed by atoms with Gasteiger partial charge in [-0.2, -0.15) is 0 Å². The molecule has 2 aromatic heterocycles. The van der Waals surface area contributed by atoms with Crippen LogP contribution >= 0.6 is 11.3 Å². The second-order valence-corrected chi connectivity index (χ2v) is 6.32. The molecule has 3 aromatic rings. The number of aryl methyl sites for hydroxylation is 1. The fourth-order valence-electron chi connectivity index (χ4n) is 2.15. The number of carbonyl (C=O) groups is 1. The fourth-order valence-corrected chi connectivity index (χ4v) is 2.94. The number of methoxy groups -OCH3 is 1. The van der Waals surface area contributed by atoms with Crippen LogP contribution in [0.5, 0.6) is 0 Å². The highest BCUT2D eigenvalue weighted by Crippen LogP contribution is 2.22. The highest BCUT2D eigenvalue weighted by Gasteiger charge is 2.12. The maximum absolute atomic E-state index is 12.1. The van der Waals surface area contributed by atoms with Gasteiger partial charge in [0, 0.05) is 25.8 Å². The van der Waals surface area contributed by atoms with E-state index in [-0.39, 0.29) is 11.6 Å². The summed E-state index contributed by atoms with van der Waals surface area (Å²) in [5.41, 5.74) is 1.29. The van der Waals surface area contributed by atoms with Crippen molar-refractivity contribution in [3.8, 4) is 10.6 Å². The number of rotatable bonds is 8. The molecular weight excluding hydrogens is 340 g/mol. The lowest BCUT2D eigenvalue weighted by molar-refractivity contribution is 0.0945. The number of nitrogens with zero attached hydrogens (tertiary/aromatic N) is 5. The Morgan fingerprint density at radius 1 is 1.24 bits per heavy atom. The first-order chi connectivity index (χ1) is 12.3. The van der Waals surface area contributed by atoms with E-state index in [1.165, 1.54) is 11.3 Å². The van der Waals surface area contributed by atoms with Crippen molar-refractivity contribution < 1.29 is 9.53 Å². The van der Waals surface area contributed by atoms with Crippen molar-refractivity contribution in [3.63, 3.8) is 0 Å². The number of carbonyl (C=O) groups excluding carboxylic acids is 1. The van der Waals surface area contributed by atoms with Crippen LogP contribution in [-0.4, -0.2) is 44.8 Å². The van der Waals surface area contributed by atoms with Crippen molar-refractivity contribution in [1.29, 1.82) is 0 Å². The van der Waals surface area contributed by atoms with E-state index in [4.69, 9.17) is 4.74 Å². The Labute approximate surface area is 148 Å². The Hall–Kier alpha value is -2.65. The van der Waals surface area contributed by atoms with Crippen LogP contribution in [0.1, 0.15) is 21.9 Å². The number of ether oxygens (including phenoxy) is 1. The number of benzene rings is 1. The normalized spacial score (nSPS) is 10.8. The van der Waals surface area contributed by atoms with E-state index in [1.807, 2.05) is 30.3 Å². The van der Waals surface area contributed by atoms with E-state index >= 15 is 0 Å². The SMILES string of the molecule is COCCCn1cc(C(=O)NCc2nnc(-c3ccccc3)s2)nn1. The predicted molar refractivity (Wildman–Crippen MR) is 93.0 cm³/mol. The van der Waals surface area contributed by atoms with E-state index in [9.17, 15) is 4.79 Å². The minimum Gasteiger partial charge on any atom is -0.385 e. The van der Waals surface area contributed by atoms with Crippen LogP contribution in [0, 0.1) is 0 Å². The highest BCUT2D eigenvalue weighted by molar-refractivity contribution is 7.14. The summed E-state index contributed by atoms with van der Waals surface area (Å²) in [6.45, 7) is 1.60. The van der Waals surface area contributed by atoms with Gasteiger partial charge in [0.2, 0.25) is 0 Å². The minimum absolute atomic E-state index is 0.283. The Morgan fingerprint density at radius 3 is 2.88 bits per heavy atom. The molecule has 25 heavy (non-hydrogen) atoms. The fraction of sp³-hybridized carbons (Fsp3) is 0.312. The summed E-state index contributed by atoms with van der Waals surface area (Å²) in [5.74, 6) is -0.283. The first-order valence-corrected chi connectivity index (χ1v) is 8.63. The first-order valence-electron chi connectivity index (χ1n) is 7.81. The second-order valence-electron chi connectivity index (χ2n) is 5.26. The van der Waals surface area contributed by atoms with Gasteiger partial charge in [-0.3, -0.25) is 9.48 Å². The van der Waals surface area contributed by atoms with Gasteiger partial charge >= 0.3 is 0 Å². The number of hydrogen-bond donors (Lipinski definition) is 1. The topological polar surface area (TPSA) is 94.8 Å². The van der Waals surface area contributed by atoms with Gasteiger partial charge in [-0.25, -0.2) is 0 Å². The molecule has 0 unspecified atom stereocenters. The van der Waals surface area contributed by atoms with Gasteiger partial charge in [-0.05, 0) is 6.42 Å². The molecule has 0 aliphatic carbocycles. The average molecular weight is 358 g/mol. The molecule has 2 heterocycles. The van der Waals surface area contributed by atoms with Crippen LogP contribution < -0.4 is 5.32 Å². The lowest BCUT2D eigenvalue weighted by Gasteiger charge is -1.99. The zero-order chi connectivity index (χ0) is 17.5. The zero-order valence-corrected chi connectivity index (χ0v) is 14.6. The summed E-state index contributed by atoms with van der Waals surface area (Å²) in [4.78, 5) is 12.1. The molecule has 0 aliphatic rings. The molecule has 1 amide bonds. The highest BCUT2D eigenvalue weighted by atomic mass is 32.1. The third-order valence-corrected chi connectivity index (χ3v) is 4.37. The Morgan fingerprint density at radius 2 is 2.08 bits per heavy atom. The summed E-state index contributed by atoms with van der Waals surface area (Å²) < 4.78 is 6.62. The second kappa shape index (κ2) is 8.45. The van der Waals surface area contributed by atoms with Crippen LogP contribution in [0.2, 0.25) is 0 Å². The number of aromatic nitrogens is 5. The van der Waals surface area contributed by atoms with Gasteiger partial charge < -0.3 is 10.1 Å². The predicted octanol–water partition coefficient (Wildman–Crippen LogP) is 1.76. The van der Waals surface area contributed by atoms with Gasteiger partial charge in [0.05, 0.1) is 12.7 Å². The van der Waals surface area contributed by atoms with Crippen LogP contribution in [0.25, 0.3) is 10.6 Å². The molecule has 1 N–H and O–H groups in total. The number of amides is 1. The largest absolute Gasteiger partial charge is 0.385 e. The van der Waals surface area contributed by atoms with Crippen molar-refractivity contribution in [2.45, 2.75) is 19.5 Å². The molecule has 0 atom stereocenters. The van der Waals surface area contributed by atoms with Gasteiger partial charge in [-0.1, -0.05) is 46.9 Å². The summed E-state index contributed by atoms with van der Waals surface area (Å²) >= 11 is 1.45. The molecule has 8 nitrogen and oxygen atoms in total. The van der Waals surface area contributed by atoms with Gasteiger partial charge in [0.25, 0.3) is 5.91 Å². The lowest BCUT2D eigenvalue weighted by Crippen LogP contribution is -2.23. The minimum atomic E-state index is -0.283. The molecule has 0 bridgehead atoms. The van der Waals surface area contributed by atoms with E-state index < -0.39 is 0 Å². The standard InChI is InChI=1S/C16H18N6O2S/c1-24-9-5-8-22-11-13(18-21-22)15(23)17-10-14-19-20-16(25-14)12-6-3-2-4-7-12/h2-4,6-7,11H,5,8-10H2,1H3,(H,17,23). The molecule has 130 valence electrons. The van der Waals surface area contributed by atoms with Crippen molar-refractivity contribution in [2.24, 2.45) is 0 Å². The van der Waals surface area contributed by atoms with Crippen molar-refractivity contribution in [1.82, 2.24) is 30.5 Å². The van der Waals surface area contributed by atoms with Crippen molar-refractivity contribution >= 4 is 17.2 Å². The molecule has 9 heteroatoms. The zero-order valence-electron chi connectivity index (χ0n) is 13.8. The molecule has 0 saturated carbocycles. The smallest absolute Gasteiger partial charge is 0.273 e. The summed E-state index contributed by atoms with van der Waals surface area (Å²) in [6, 6.07) is 9.81. The Kier molecular flexibility index (Phi) is 5.81. The van der Waals surface area contributed by atoms with E-state index in [0.29, 0.717) is 19.7 Å². The molecule has 0 spiro atoms. The monoisotopic (exact) mass is 358 g/mol. The van der Waals surface area contributed by atoms with Crippen LogP contribution in [-0.2, 0) is 17.8 Å².